The summed E-state index contributed by atoms with van der Waals surface area (Å²) in [6.07, 6.45) is 1.60. The van der Waals surface area contributed by atoms with Crippen LogP contribution in [-0.2, 0) is 9.53 Å². The molecule has 5 heteroatoms. The quantitative estimate of drug-likeness (QED) is 0.596. The van der Waals surface area contributed by atoms with Gasteiger partial charge in [0.25, 0.3) is 0 Å². The van der Waals surface area contributed by atoms with Gasteiger partial charge in [0, 0.05) is 29.1 Å². The first-order valence-electron chi connectivity index (χ1n) is 6.79. The molecule has 1 aliphatic heterocycles. The molecular weight excluding hydrogens is 276 g/mol. The van der Waals surface area contributed by atoms with Gasteiger partial charge < -0.3 is 9.47 Å². The van der Waals surface area contributed by atoms with Gasteiger partial charge in [0.15, 0.2) is 5.78 Å². The summed E-state index contributed by atoms with van der Waals surface area (Å²) < 4.78 is 10.4. The zero-order chi connectivity index (χ0) is 14.4. The highest BCUT2D eigenvalue weighted by atomic mass is 32.2. The molecule has 0 bridgehead atoms. The highest BCUT2D eigenvalue weighted by Gasteiger charge is 2.17. The summed E-state index contributed by atoms with van der Waals surface area (Å²) in [5.74, 6) is 1.59. The normalized spacial score (nSPS) is 13.8. The fourth-order valence-electron chi connectivity index (χ4n) is 1.97. The highest BCUT2D eigenvalue weighted by Crippen LogP contribution is 2.32. The number of ketones is 1. The van der Waals surface area contributed by atoms with E-state index in [0.717, 1.165) is 22.0 Å². The number of fused-ring (bicyclic) bond motifs is 1. The lowest BCUT2D eigenvalue weighted by molar-refractivity contribution is -0.143. The number of Topliss-reactive ketones (excluding diaryl/α,β-unsaturated/α-hetero) is 1. The number of benzene rings is 1. The van der Waals surface area contributed by atoms with E-state index >= 15 is 0 Å². The minimum atomic E-state index is -0.192. The Labute approximate surface area is 122 Å². The van der Waals surface area contributed by atoms with Crippen LogP contribution >= 0.6 is 11.8 Å². The van der Waals surface area contributed by atoms with E-state index in [9.17, 15) is 9.59 Å². The fraction of sp³-hybridized carbons (Fsp3) is 0.467. The van der Waals surface area contributed by atoms with Crippen LogP contribution in [0.5, 0.6) is 5.75 Å². The van der Waals surface area contributed by atoms with Crippen molar-refractivity contribution >= 4 is 23.5 Å². The van der Waals surface area contributed by atoms with Crippen molar-refractivity contribution in [2.45, 2.75) is 31.1 Å². The summed E-state index contributed by atoms with van der Waals surface area (Å²) in [5.41, 5.74) is 0.792. The molecule has 1 aromatic rings. The summed E-state index contributed by atoms with van der Waals surface area (Å²) >= 11 is 1.68. The van der Waals surface area contributed by atoms with Gasteiger partial charge in [-0.15, -0.1) is 11.8 Å². The molecule has 1 aromatic carbocycles. The van der Waals surface area contributed by atoms with E-state index in [0.29, 0.717) is 32.5 Å². The average Bonchev–Trinajstić information content (AvgIpc) is 2.44. The lowest BCUT2D eigenvalue weighted by Gasteiger charge is -2.15. The van der Waals surface area contributed by atoms with E-state index in [1.807, 2.05) is 18.2 Å². The average molecular weight is 294 g/mol. The van der Waals surface area contributed by atoms with Crippen LogP contribution in [0.4, 0.5) is 0 Å². The van der Waals surface area contributed by atoms with Gasteiger partial charge >= 0.3 is 5.97 Å². The lowest BCUT2D eigenvalue weighted by atomic mass is 10.1. The van der Waals surface area contributed by atoms with E-state index in [-0.39, 0.29) is 11.8 Å². The Hall–Kier alpha value is -1.49. The molecule has 0 atom stereocenters. The topological polar surface area (TPSA) is 52.6 Å². The first-order chi connectivity index (χ1) is 9.70. The first-order valence-corrected chi connectivity index (χ1v) is 7.77. The maximum Gasteiger partial charge on any atom is 0.305 e. The smallest absolute Gasteiger partial charge is 0.305 e. The number of hydrogen-bond acceptors (Lipinski definition) is 5. The summed E-state index contributed by atoms with van der Waals surface area (Å²) in [6, 6.07) is 5.54. The van der Waals surface area contributed by atoms with Crippen LogP contribution in [0.1, 0.15) is 36.5 Å². The Morgan fingerprint density at radius 3 is 3.05 bits per heavy atom. The SMILES string of the molecule is CCOC(=O)CCCOc1ccc2c(c1)SCCC2=O. The molecule has 0 spiro atoms. The summed E-state index contributed by atoms with van der Waals surface area (Å²) in [6.45, 7) is 2.67. The van der Waals surface area contributed by atoms with Crippen LogP contribution in [0.3, 0.4) is 0 Å². The predicted molar refractivity (Wildman–Crippen MR) is 77.5 cm³/mol. The number of esters is 1. The predicted octanol–water partition coefficient (Wildman–Crippen LogP) is 3.09. The molecule has 20 heavy (non-hydrogen) atoms. The maximum absolute atomic E-state index is 11.7. The molecule has 0 radical (unpaired) electrons. The van der Waals surface area contributed by atoms with Crippen LogP contribution in [0.2, 0.25) is 0 Å². The standard InChI is InChI=1S/C15H18O4S/c1-2-18-15(17)4-3-8-19-11-5-6-12-13(16)7-9-20-14(12)10-11/h5-6,10H,2-4,7-9H2,1H3. The van der Waals surface area contributed by atoms with Gasteiger partial charge in [-0.05, 0) is 31.5 Å². The van der Waals surface area contributed by atoms with E-state index in [1.165, 1.54) is 0 Å². The number of ether oxygens (including phenoxy) is 2. The third-order valence-corrected chi connectivity index (χ3v) is 4.00. The molecule has 0 N–H and O–H groups in total. The summed E-state index contributed by atoms with van der Waals surface area (Å²) in [5, 5.41) is 0. The third-order valence-electron chi connectivity index (χ3n) is 2.94. The van der Waals surface area contributed by atoms with Gasteiger partial charge in [-0.2, -0.15) is 0 Å². The van der Waals surface area contributed by atoms with Crippen molar-refractivity contribution in [1.29, 1.82) is 0 Å². The molecule has 0 amide bonds. The molecule has 0 saturated carbocycles. The maximum atomic E-state index is 11.7. The molecule has 4 nitrogen and oxygen atoms in total. The van der Waals surface area contributed by atoms with E-state index < -0.39 is 0 Å². The van der Waals surface area contributed by atoms with Crippen molar-refractivity contribution in [2.24, 2.45) is 0 Å². The van der Waals surface area contributed by atoms with Crippen LogP contribution in [0, 0.1) is 0 Å². The van der Waals surface area contributed by atoms with Crippen LogP contribution in [-0.4, -0.2) is 30.7 Å². The minimum Gasteiger partial charge on any atom is -0.494 e. The molecule has 0 aliphatic carbocycles. The lowest BCUT2D eigenvalue weighted by Crippen LogP contribution is -2.09. The molecule has 0 unspecified atom stereocenters. The monoisotopic (exact) mass is 294 g/mol. The van der Waals surface area contributed by atoms with Crippen molar-refractivity contribution in [3.05, 3.63) is 23.8 Å². The van der Waals surface area contributed by atoms with Crippen molar-refractivity contribution < 1.29 is 19.1 Å². The van der Waals surface area contributed by atoms with Crippen molar-refractivity contribution in [3.63, 3.8) is 0 Å². The minimum absolute atomic E-state index is 0.192. The Morgan fingerprint density at radius 2 is 2.25 bits per heavy atom. The van der Waals surface area contributed by atoms with Crippen molar-refractivity contribution in [3.8, 4) is 5.75 Å². The molecular formula is C15H18O4S. The zero-order valence-corrected chi connectivity index (χ0v) is 12.3. The van der Waals surface area contributed by atoms with Gasteiger partial charge in [0.2, 0.25) is 0 Å². The zero-order valence-electron chi connectivity index (χ0n) is 11.5. The van der Waals surface area contributed by atoms with E-state index in [2.05, 4.69) is 0 Å². The number of carbonyl (C=O) groups is 2. The highest BCUT2D eigenvalue weighted by molar-refractivity contribution is 7.99. The Balaban J connectivity index is 1.82. The second-order valence-electron chi connectivity index (χ2n) is 4.44. The van der Waals surface area contributed by atoms with Gasteiger partial charge in [-0.25, -0.2) is 0 Å². The van der Waals surface area contributed by atoms with Gasteiger partial charge in [-0.3, -0.25) is 9.59 Å². The van der Waals surface area contributed by atoms with Crippen LogP contribution < -0.4 is 4.74 Å². The van der Waals surface area contributed by atoms with Crippen molar-refractivity contribution in [2.75, 3.05) is 19.0 Å². The van der Waals surface area contributed by atoms with Gasteiger partial charge in [0.05, 0.1) is 13.2 Å². The van der Waals surface area contributed by atoms with Crippen LogP contribution in [0.15, 0.2) is 23.1 Å². The summed E-state index contributed by atoms with van der Waals surface area (Å²) in [4.78, 5) is 23.8. The molecule has 0 saturated heterocycles. The van der Waals surface area contributed by atoms with Crippen molar-refractivity contribution in [1.82, 2.24) is 0 Å². The van der Waals surface area contributed by atoms with Gasteiger partial charge in [-0.1, -0.05) is 0 Å². The number of rotatable bonds is 6. The second-order valence-corrected chi connectivity index (χ2v) is 5.57. The van der Waals surface area contributed by atoms with Gasteiger partial charge in [0.1, 0.15) is 5.75 Å². The molecule has 108 valence electrons. The Morgan fingerprint density at radius 1 is 1.40 bits per heavy atom. The largest absolute Gasteiger partial charge is 0.494 e. The molecule has 1 heterocycles. The first kappa shape index (κ1) is 14.9. The van der Waals surface area contributed by atoms with E-state index in [1.54, 1.807) is 18.7 Å². The number of carbonyl (C=O) groups excluding carboxylic acids is 2. The van der Waals surface area contributed by atoms with E-state index in [4.69, 9.17) is 9.47 Å². The fourth-order valence-corrected chi connectivity index (χ4v) is 3.01. The Bertz CT molecular complexity index is 499. The third kappa shape index (κ3) is 4.00. The molecule has 1 aliphatic rings. The second kappa shape index (κ2) is 7.33. The number of hydrogen-bond donors (Lipinski definition) is 0. The summed E-state index contributed by atoms with van der Waals surface area (Å²) in [7, 11) is 0. The Kier molecular flexibility index (Phi) is 5.47. The molecule has 0 aromatic heterocycles. The molecule has 0 fully saturated rings. The van der Waals surface area contributed by atoms with Crippen LogP contribution in [0.25, 0.3) is 0 Å². The molecule has 2 rings (SSSR count). The number of thioether (sulfide) groups is 1.